The van der Waals surface area contributed by atoms with Crippen LogP contribution in [0.2, 0.25) is 0 Å². The molecule has 1 heterocycles. The molecule has 0 spiro atoms. The Kier molecular flexibility index (Phi) is 3.90. The van der Waals surface area contributed by atoms with Crippen LogP contribution in [0.25, 0.3) is 0 Å². The molecular formula is C16H20N2O3. The predicted molar refractivity (Wildman–Crippen MR) is 76.1 cm³/mol. The minimum absolute atomic E-state index is 0.123. The Hall–Kier alpha value is -1.91. The summed E-state index contributed by atoms with van der Waals surface area (Å²) in [6.45, 7) is 0.361. The molecule has 5 heteroatoms. The molecule has 0 aromatic carbocycles. The zero-order chi connectivity index (χ0) is 14.8. The number of hydrogen-bond acceptors (Lipinski definition) is 3. The van der Waals surface area contributed by atoms with Gasteiger partial charge in [0.25, 0.3) is 0 Å². The molecular weight excluding hydrogens is 268 g/mol. The van der Waals surface area contributed by atoms with Gasteiger partial charge in [0.2, 0.25) is 5.91 Å². The summed E-state index contributed by atoms with van der Waals surface area (Å²) in [5, 5.41) is 12.3. The van der Waals surface area contributed by atoms with Crippen LogP contribution in [0, 0.1) is 23.7 Å². The first-order valence-electron chi connectivity index (χ1n) is 7.57. The summed E-state index contributed by atoms with van der Waals surface area (Å²) < 4.78 is 0. The lowest BCUT2D eigenvalue weighted by atomic mass is 9.58. The second kappa shape index (κ2) is 5.84. The number of carboxylic acids is 1. The van der Waals surface area contributed by atoms with Crippen molar-refractivity contribution in [2.45, 2.75) is 32.2 Å². The molecule has 3 aliphatic carbocycles. The first kappa shape index (κ1) is 14.0. The number of pyridine rings is 1. The van der Waals surface area contributed by atoms with Gasteiger partial charge in [-0.05, 0) is 49.7 Å². The fourth-order valence-corrected chi connectivity index (χ4v) is 3.98. The molecule has 0 unspecified atom stereocenters. The van der Waals surface area contributed by atoms with E-state index < -0.39 is 11.9 Å². The Morgan fingerprint density at radius 1 is 1.14 bits per heavy atom. The van der Waals surface area contributed by atoms with Crippen molar-refractivity contribution in [1.29, 1.82) is 0 Å². The SMILES string of the molecule is O=C(NCc1ccccn1)[C@@H]1C2CCC(CC2)[C@@H]1C(=O)O. The van der Waals surface area contributed by atoms with Gasteiger partial charge in [0, 0.05) is 6.20 Å². The number of fused-ring (bicyclic) bond motifs is 3. The summed E-state index contributed by atoms with van der Waals surface area (Å²) in [6, 6.07) is 5.55. The summed E-state index contributed by atoms with van der Waals surface area (Å²) in [6.07, 6.45) is 5.55. The summed E-state index contributed by atoms with van der Waals surface area (Å²) in [5.74, 6) is -1.44. The number of hydrogen-bond donors (Lipinski definition) is 2. The first-order valence-corrected chi connectivity index (χ1v) is 7.57. The molecule has 21 heavy (non-hydrogen) atoms. The molecule has 0 saturated heterocycles. The molecule has 3 aliphatic rings. The van der Waals surface area contributed by atoms with E-state index in [9.17, 15) is 14.7 Å². The molecule has 2 bridgehead atoms. The summed E-state index contributed by atoms with van der Waals surface area (Å²) in [4.78, 5) is 28.2. The van der Waals surface area contributed by atoms with E-state index in [-0.39, 0.29) is 23.7 Å². The third-order valence-electron chi connectivity index (χ3n) is 4.98. The lowest BCUT2D eigenvalue weighted by molar-refractivity contribution is -0.158. The second-order valence-corrected chi connectivity index (χ2v) is 6.10. The quantitative estimate of drug-likeness (QED) is 0.886. The normalized spacial score (nSPS) is 30.9. The van der Waals surface area contributed by atoms with Gasteiger partial charge in [0.05, 0.1) is 24.1 Å². The number of nitrogens with zero attached hydrogens (tertiary/aromatic N) is 1. The van der Waals surface area contributed by atoms with Gasteiger partial charge in [0.1, 0.15) is 0 Å². The van der Waals surface area contributed by atoms with Crippen LogP contribution in [0.1, 0.15) is 31.4 Å². The van der Waals surface area contributed by atoms with Gasteiger partial charge in [-0.3, -0.25) is 14.6 Å². The van der Waals surface area contributed by atoms with Crippen molar-refractivity contribution in [3.63, 3.8) is 0 Å². The largest absolute Gasteiger partial charge is 0.481 e. The number of amides is 1. The highest BCUT2D eigenvalue weighted by atomic mass is 16.4. The van der Waals surface area contributed by atoms with Crippen molar-refractivity contribution in [2.24, 2.45) is 23.7 Å². The zero-order valence-corrected chi connectivity index (χ0v) is 11.9. The Bertz CT molecular complexity index is 524. The van der Waals surface area contributed by atoms with Crippen LogP contribution >= 0.6 is 0 Å². The number of carbonyl (C=O) groups is 2. The van der Waals surface area contributed by atoms with E-state index >= 15 is 0 Å². The van der Waals surface area contributed by atoms with Crippen molar-refractivity contribution < 1.29 is 14.7 Å². The molecule has 1 aromatic heterocycles. The van der Waals surface area contributed by atoms with Crippen molar-refractivity contribution in [2.75, 3.05) is 0 Å². The van der Waals surface area contributed by atoms with E-state index in [2.05, 4.69) is 10.3 Å². The number of aliphatic carboxylic acids is 1. The molecule has 3 fully saturated rings. The Balaban J connectivity index is 1.69. The molecule has 4 rings (SSSR count). The summed E-state index contributed by atoms with van der Waals surface area (Å²) in [7, 11) is 0. The first-order chi connectivity index (χ1) is 10.2. The minimum Gasteiger partial charge on any atom is -0.481 e. The van der Waals surface area contributed by atoms with Crippen LogP contribution in [-0.4, -0.2) is 22.0 Å². The zero-order valence-electron chi connectivity index (χ0n) is 11.9. The molecule has 2 atom stereocenters. The molecule has 112 valence electrons. The standard InChI is InChI=1S/C16H20N2O3/c19-15(18-9-12-3-1-2-8-17-12)13-10-4-6-11(7-5-10)14(13)16(20)21/h1-3,8,10-11,13-14H,4-7,9H2,(H,18,19)(H,20,21)/t10?,11?,13-,14+/m1/s1. The molecule has 3 saturated carbocycles. The van der Waals surface area contributed by atoms with E-state index in [1.807, 2.05) is 18.2 Å². The highest BCUT2D eigenvalue weighted by Gasteiger charge is 2.50. The molecule has 1 amide bonds. The highest BCUT2D eigenvalue weighted by Crippen LogP contribution is 2.49. The maximum absolute atomic E-state index is 12.5. The summed E-state index contributed by atoms with van der Waals surface area (Å²) >= 11 is 0. The lowest BCUT2D eigenvalue weighted by Gasteiger charge is -2.45. The van der Waals surface area contributed by atoms with Gasteiger partial charge >= 0.3 is 5.97 Å². The predicted octanol–water partition coefficient (Wildman–Crippen LogP) is 1.83. The Labute approximate surface area is 123 Å². The van der Waals surface area contributed by atoms with Crippen molar-refractivity contribution >= 4 is 11.9 Å². The van der Waals surface area contributed by atoms with Gasteiger partial charge in [0.15, 0.2) is 0 Å². The molecule has 2 N–H and O–H groups in total. The summed E-state index contributed by atoms with van der Waals surface area (Å²) in [5.41, 5.74) is 0.790. The topological polar surface area (TPSA) is 79.3 Å². The molecule has 1 aromatic rings. The van der Waals surface area contributed by atoms with E-state index in [0.29, 0.717) is 6.54 Å². The van der Waals surface area contributed by atoms with Crippen LogP contribution in [0.5, 0.6) is 0 Å². The average molecular weight is 288 g/mol. The van der Waals surface area contributed by atoms with Crippen LogP contribution < -0.4 is 5.32 Å². The fourth-order valence-electron chi connectivity index (χ4n) is 3.98. The van der Waals surface area contributed by atoms with Gasteiger partial charge in [-0.1, -0.05) is 6.07 Å². The average Bonchev–Trinajstić information content (AvgIpc) is 2.53. The number of carboxylic acid groups (broad SMARTS) is 1. The lowest BCUT2D eigenvalue weighted by Crippen LogP contribution is -2.50. The Morgan fingerprint density at radius 2 is 1.81 bits per heavy atom. The Morgan fingerprint density at radius 3 is 2.38 bits per heavy atom. The van der Waals surface area contributed by atoms with Crippen molar-refractivity contribution in [1.82, 2.24) is 10.3 Å². The van der Waals surface area contributed by atoms with Crippen molar-refractivity contribution in [3.8, 4) is 0 Å². The van der Waals surface area contributed by atoms with Crippen LogP contribution in [-0.2, 0) is 16.1 Å². The van der Waals surface area contributed by atoms with E-state index in [1.54, 1.807) is 6.20 Å². The van der Waals surface area contributed by atoms with E-state index in [4.69, 9.17) is 0 Å². The highest BCUT2D eigenvalue weighted by molar-refractivity contribution is 5.85. The van der Waals surface area contributed by atoms with Crippen molar-refractivity contribution in [3.05, 3.63) is 30.1 Å². The molecule has 0 aliphatic heterocycles. The van der Waals surface area contributed by atoms with Crippen LogP contribution in [0.3, 0.4) is 0 Å². The monoisotopic (exact) mass is 288 g/mol. The number of aromatic nitrogens is 1. The van der Waals surface area contributed by atoms with Gasteiger partial charge in [-0.2, -0.15) is 0 Å². The molecule has 0 radical (unpaired) electrons. The third-order valence-corrected chi connectivity index (χ3v) is 4.98. The smallest absolute Gasteiger partial charge is 0.307 e. The van der Waals surface area contributed by atoms with E-state index in [0.717, 1.165) is 31.4 Å². The maximum atomic E-state index is 12.5. The fraction of sp³-hybridized carbons (Fsp3) is 0.562. The number of nitrogens with one attached hydrogen (secondary N) is 1. The second-order valence-electron chi connectivity index (χ2n) is 6.10. The number of rotatable bonds is 4. The molecule has 5 nitrogen and oxygen atoms in total. The number of carbonyl (C=O) groups excluding carboxylic acids is 1. The van der Waals surface area contributed by atoms with Gasteiger partial charge < -0.3 is 10.4 Å². The van der Waals surface area contributed by atoms with E-state index in [1.165, 1.54) is 0 Å². The maximum Gasteiger partial charge on any atom is 0.307 e. The minimum atomic E-state index is -0.817. The van der Waals surface area contributed by atoms with Crippen LogP contribution in [0.15, 0.2) is 24.4 Å². The van der Waals surface area contributed by atoms with Gasteiger partial charge in [-0.15, -0.1) is 0 Å². The van der Waals surface area contributed by atoms with Crippen LogP contribution in [0.4, 0.5) is 0 Å². The van der Waals surface area contributed by atoms with Gasteiger partial charge in [-0.25, -0.2) is 0 Å². The third kappa shape index (κ3) is 2.77.